The van der Waals surface area contributed by atoms with Gasteiger partial charge in [-0.15, -0.1) is 0 Å². The molecular weight excluding hydrogens is 262 g/mol. The molecule has 0 fully saturated rings. The minimum absolute atomic E-state index is 0.0487. The molecule has 2 N–H and O–H groups in total. The molecule has 0 atom stereocenters. The van der Waals surface area contributed by atoms with Crippen LogP contribution in [0.2, 0.25) is 0 Å². The van der Waals surface area contributed by atoms with Crippen LogP contribution in [-0.2, 0) is 9.47 Å². The van der Waals surface area contributed by atoms with E-state index < -0.39 is 11.9 Å². The number of furan rings is 1. The van der Waals surface area contributed by atoms with E-state index in [2.05, 4.69) is 0 Å². The smallest absolute Gasteiger partial charge is 0.375 e. The average molecular weight is 277 g/mol. The zero-order valence-electron chi connectivity index (χ0n) is 11.3. The summed E-state index contributed by atoms with van der Waals surface area (Å²) in [6.07, 6.45) is 0. The first-order valence-corrected chi connectivity index (χ1v) is 6.24. The van der Waals surface area contributed by atoms with Crippen molar-refractivity contribution in [2.45, 2.75) is 13.8 Å². The van der Waals surface area contributed by atoms with Crippen LogP contribution in [0.3, 0.4) is 0 Å². The Kier molecular flexibility index (Phi) is 3.93. The summed E-state index contributed by atoms with van der Waals surface area (Å²) in [6, 6.07) is 4.78. The van der Waals surface area contributed by atoms with Crippen molar-refractivity contribution in [2.24, 2.45) is 0 Å². The molecule has 0 saturated heterocycles. The summed E-state index contributed by atoms with van der Waals surface area (Å²) in [5.41, 5.74) is 6.59. The first-order chi connectivity index (χ1) is 9.58. The molecule has 0 bridgehead atoms. The van der Waals surface area contributed by atoms with Gasteiger partial charge in [0.15, 0.2) is 0 Å². The van der Waals surface area contributed by atoms with E-state index in [0.717, 1.165) is 0 Å². The molecule has 0 unspecified atom stereocenters. The highest BCUT2D eigenvalue weighted by Crippen LogP contribution is 2.29. The molecule has 0 saturated carbocycles. The van der Waals surface area contributed by atoms with Gasteiger partial charge in [-0.05, 0) is 32.0 Å². The molecular formula is C14H15NO5. The van der Waals surface area contributed by atoms with Crippen molar-refractivity contribution in [1.82, 2.24) is 0 Å². The van der Waals surface area contributed by atoms with Gasteiger partial charge in [-0.1, -0.05) is 0 Å². The fourth-order valence-corrected chi connectivity index (χ4v) is 1.86. The molecule has 0 aliphatic rings. The van der Waals surface area contributed by atoms with Crippen molar-refractivity contribution in [1.29, 1.82) is 0 Å². The maximum Gasteiger partial charge on any atom is 0.375 e. The van der Waals surface area contributed by atoms with Crippen LogP contribution in [0, 0.1) is 0 Å². The van der Waals surface area contributed by atoms with Gasteiger partial charge in [0, 0.05) is 11.1 Å². The Bertz CT molecular complexity index is 659. The Hall–Kier alpha value is -2.50. The van der Waals surface area contributed by atoms with Crippen LogP contribution in [-0.4, -0.2) is 25.2 Å². The predicted molar refractivity (Wildman–Crippen MR) is 72.5 cm³/mol. The molecule has 6 nitrogen and oxygen atoms in total. The fourth-order valence-electron chi connectivity index (χ4n) is 1.86. The number of hydrogen-bond donors (Lipinski definition) is 1. The zero-order chi connectivity index (χ0) is 14.7. The Morgan fingerprint density at radius 3 is 2.45 bits per heavy atom. The van der Waals surface area contributed by atoms with Gasteiger partial charge in [0.25, 0.3) is 0 Å². The second kappa shape index (κ2) is 5.64. The SMILES string of the molecule is CCOC(=O)c1oc2ccc(N)cc2c1C(=O)OCC. The Morgan fingerprint density at radius 1 is 1.15 bits per heavy atom. The third-order valence-electron chi connectivity index (χ3n) is 2.65. The monoisotopic (exact) mass is 277 g/mol. The van der Waals surface area contributed by atoms with Gasteiger partial charge >= 0.3 is 11.9 Å². The van der Waals surface area contributed by atoms with Crippen molar-refractivity contribution < 1.29 is 23.5 Å². The highest BCUT2D eigenvalue weighted by molar-refractivity contribution is 6.11. The fraction of sp³-hybridized carbons (Fsp3) is 0.286. The van der Waals surface area contributed by atoms with E-state index >= 15 is 0 Å². The quantitative estimate of drug-likeness (QED) is 0.681. The van der Waals surface area contributed by atoms with Gasteiger partial charge in [-0.2, -0.15) is 0 Å². The van der Waals surface area contributed by atoms with Crippen LogP contribution in [0.15, 0.2) is 22.6 Å². The van der Waals surface area contributed by atoms with E-state index in [1.54, 1.807) is 32.0 Å². The first kappa shape index (κ1) is 13.9. The number of benzene rings is 1. The number of nitrogen functional groups attached to an aromatic ring is 1. The van der Waals surface area contributed by atoms with E-state index in [9.17, 15) is 9.59 Å². The second-order valence-electron chi connectivity index (χ2n) is 4.00. The van der Waals surface area contributed by atoms with Crippen LogP contribution in [0.1, 0.15) is 34.8 Å². The van der Waals surface area contributed by atoms with Gasteiger partial charge in [0.05, 0.1) is 13.2 Å². The van der Waals surface area contributed by atoms with Crippen molar-refractivity contribution >= 4 is 28.6 Å². The summed E-state index contributed by atoms with van der Waals surface area (Å²) in [5.74, 6) is -1.50. The van der Waals surface area contributed by atoms with Crippen LogP contribution in [0.25, 0.3) is 11.0 Å². The van der Waals surface area contributed by atoms with Crippen molar-refractivity contribution in [3.05, 3.63) is 29.5 Å². The number of esters is 2. The molecule has 2 rings (SSSR count). The van der Waals surface area contributed by atoms with E-state index in [1.165, 1.54) is 0 Å². The molecule has 0 radical (unpaired) electrons. The Labute approximate surface area is 115 Å². The van der Waals surface area contributed by atoms with Crippen LogP contribution in [0.4, 0.5) is 5.69 Å². The standard InChI is InChI=1S/C14H15NO5/c1-3-18-13(16)11-9-7-8(15)5-6-10(9)20-12(11)14(17)19-4-2/h5-7H,3-4,15H2,1-2H3. The number of nitrogens with two attached hydrogens (primary N) is 1. The van der Waals surface area contributed by atoms with Gasteiger partial charge in [-0.3, -0.25) is 0 Å². The maximum atomic E-state index is 12.0. The van der Waals surface area contributed by atoms with Crippen molar-refractivity contribution in [2.75, 3.05) is 18.9 Å². The van der Waals surface area contributed by atoms with Crippen molar-refractivity contribution in [3.8, 4) is 0 Å². The van der Waals surface area contributed by atoms with E-state index in [4.69, 9.17) is 19.6 Å². The third-order valence-corrected chi connectivity index (χ3v) is 2.65. The number of carbonyl (C=O) groups is 2. The molecule has 20 heavy (non-hydrogen) atoms. The molecule has 1 aromatic heterocycles. The van der Waals surface area contributed by atoms with E-state index in [-0.39, 0.29) is 24.5 Å². The summed E-state index contributed by atoms with van der Waals surface area (Å²) < 4.78 is 15.2. The Morgan fingerprint density at radius 2 is 1.80 bits per heavy atom. The van der Waals surface area contributed by atoms with Crippen molar-refractivity contribution in [3.63, 3.8) is 0 Å². The molecule has 6 heteroatoms. The number of ether oxygens (including phenoxy) is 2. The summed E-state index contributed by atoms with van der Waals surface area (Å²) in [7, 11) is 0. The molecule has 1 heterocycles. The number of rotatable bonds is 4. The lowest BCUT2D eigenvalue weighted by atomic mass is 10.1. The van der Waals surface area contributed by atoms with Crippen LogP contribution < -0.4 is 5.73 Å². The molecule has 0 spiro atoms. The number of hydrogen-bond acceptors (Lipinski definition) is 6. The van der Waals surface area contributed by atoms with Gasteiger partial charge < -0.3 is 19.6 Å². The highest BCUT2D eigenvalue weighted by Gasteiger charge is 2.27. The van der Waals surface area contributed by atoms with Crippen LogP contribution >= 0.6 is 0 Å². The molecule has 1 aromatic carbocycles. The molecule has 106 valence electrons. The second-order valence-corrected chi connectivity index (χ2v) is 4.00. The predicted octanol–water partition coefficient (Wildman–Crippen LogP) is 2.37. The maximum absolute atomic E-state index is 12.0. The molecule has 0 aliphatic carbocycles. The number of anilines is 1. The number of carbonyl (C=O) groups excluding carboxylic acids is 2. The summed E-state index contributed by atoms with van der Waals surface area (Å²) >= 11 is 0. The van der Waals surface area contributed by atoms with Gasteiger partial charge in [-0.25, -0.2) is 9.59 Å². The largest absolute Gasteiger partial charge is 0.462 e. The molecule has 0 aliphatic heterocycles. The van der Waals surface area contributed by atoms with E-state index in [0.29, 0.717) is 16.7 Å². The minimum Gasteiger partial charge on any atom is -0.462 e. The Balaban J connectivity index is 2.63. The normalized spacial score (nSPS) is 10.5. The van der Waals surface area contributed by atoms with E-state index in [1.807, 2.05) is 0 Å². The third kappa shape index (κ3) is 2.45. The minimum atomic E-state index is -0.703. The summed E-state index contributed by atoms with van der Waals surface area (Å²) in [6.45, 7) is 3.72. The lowest BCUT2D eigenvalue weighted by Crippen LogP contribution is -2.12. The van der Waals surface area contributed by atoms with Crippen LogP contribution in [0.5, 0.6) is 0 Å². The lowest BCUT2D eigenvalue weighted by molar-refractivity contribution is 0.0454. The zero-order valence-corrected chi connectivity index (χ0v) is 11.3. The first-order valence-electron chi connectivity index (χ1n) is 6.24. The van der Waals surface area contributed by atoms with Gasteiger partial charge in [0.2, 0.25) is 5.76 Å². The summed E-state index contributed by atoms with van der Waals surface area (Å²) in [5, 5.41) is 0.437. The topological polar surface area (TPSA) is 91.8 Å². The van der Waals surface area contributed by atoms with Gasteiger partial charge in [0.1, 0.15) is 11.1 Å². The molecule has 0 amide bonds. The average Bonchev–Trinajstić information content (AvgIpc) is 2.77. The number of fused-ring (bicyclic) bond motifs is 1. The highest BCUT2D eigenvalue weighted by atomic mass is 16.5. The lowest BCUT2D eigenvalue weighted by Gasteiger charge is -2.03. The summed E-state index contributed by atoms with van der Waals surface area (Å²) in [4.78, 5) is 23.9. The molecule has 2 aromatic rings.